The second kappa shape index (κ2) is 5.51. The topological polar surface area (TPSA) is 50.8 Å². The molecule has 0 amide bonds. The van der Waals surface area contributed by atoms with Crippen LogP contribution in [0, 0.1) is 5.41 Å². The van der Waals surface area contributed by atoms with Crippen molar-refractivity contribution in [3.8, 4) is 0 Å². The van der Waals surface area contributed by atoms with Gasteiger partial charge in [0.2, 0.25) is 0 Å². The van der Waals surface area contributed by atoms with Crippen molar-refractivity contribution in [1.82, 2.24) is 5.48 Å². The third-order valence-corrected chi connectivity index (χ3v) is 5.40. The quantitative estimate of drug-likeness (QED) is 0.813. The number of nitrogens with one attached hydrogen (secondary N) is 1. The van der Waals surface area contributed by atoms with Crippen LogP contribution in [0.1, 0.15) is 26.3 Å². The van der Waals surface area contributed by atoms with E-state index in [0.29, 0.717) is 19.6 Å². The maximum atomic E-state index is 12.7. The van der Waals surface area contributed by atoms with Crippen molar-refractivity contribution in [2.75, 3.05) is 24.7 Å². The van der Waals surface area contributed by atoms with E-state index < -0.39 is 11.1 Å². The van der Waals surface area contributed by atoms with Crippen LogP contribution < -0.4 is 10.4 Å². The molecule has 2 unspecified atom stereocenters. The van der Waals surface area contributed by atoms with Gasteiger partial charge >= 0.3 is 5.97 Å². The number of halogens is 1. The number of benzene rings is 1. The first-order chi connectivity index (χ1) is 10.4. The van der Waals surface area contributed by atoms with Crippen molar-refractivity contribution in [1.29, 1.82) is 0 Å². The van der Waals surface area contributed by atoms with Crippen molar-refractivity contribution in [2.45, 2.75) is 32.9 Å². The Morgan fingerprint density at radius 1 is 1.50 bits per heavy atom. The van der Waals surface area contributed by atoms with Gasteiger partial charge in [0, 0.05) is 16.7 Å². The molecular formula is C16H21BrN2O3. The van der Waals surface area contributed by atoms with Gasteiger partial charge in [-0.1, -0.05) is 22.0 Å². The first kappa shape index (κ1) is 15.8. The zero-order chi connectivity index (χ0) is 16.0. The minimum absolute atomic E-state index is 0.200. The van der Waals surface area contributed by atoms with Gasteiger partial charge in [-0.15, -0.1) is 0 Å². The maximum absolute atomic E-state index is 12.7. The fourth-order valence-electron chi connectivity index (χ4n) is 3.43. The summed E-state index contributed by atoms with van der Waals surface area (Å²) in [4.78, 5) is 20.4. The van der Waals surface area contributed by atoms with Crippen LogP contribution in [0.4, 0.5) is 5.69 Å². The summed E-state index contributed by atoms with van der Waals surface area (Å²) in [7, 11) is 0. The Morgan fingerprint density at radius 2 is 2.27 bits per heavy atom. The Kier molecular flexibility index (Phi) is 3.95. The van der Waals surface area contributed by atoms with Crippen LogP contribution in [0.3, 0.4) is 0 Å². The first-order valence-corrected chi connectivity index (χ1v) is 8.34. The van der Waals surface area contributed by atoms with Gasteiger partial charge in [0.05, 0.1) is 13.2 Å². The molecule has 1 saturated heterocycles. The average Bonchev–Trinajstić information content (AvgIpc) is 2.49. The highest BCUT2D eigenvalue weighted by Crippen LogP contribution is 2.48. The summed E-state index contributed by atoms with van der Waals surface area (Å²) < 4.78 is 6.39. The first-order valence-electron chi connectivity index (χ1n) is 7.54. The lowest BCUT2D eigenvalue weighted by Gasteiger charge is -2.57. The molecule has 0 aromatic heterocycles. The van der Waals surface area contributed by atoms with E-state index in [2.05, 4.69) is 38.4 Å². The lowest BCUT2D eigenvalue weighted by molar-refractivity contribution is -0.171. The lowest BCUT2D eigenvalue weighted by Crippen LogP contribution is -2.74. The smallest absolute Gasteiger partial charge is 0.315 e. The summed E-state index contributed by atoms with van der Waals surface area (Å²) in [6.07, 6.45) is 0.609. The van der Waals surface area contributed by atoms with E-state index in [0.717, 1.165) is 22.3 Å². The van der Waals surface area contributed by atoms with Crippen molar-refractivity contribution >= 4 is 27.6 Å². The SMILES string of the molecule is CCOC(=O)C1(C)Cc2ccc(Br)cc2N2CCONC21C. The number of esters is 1. The number of rotatable bonds is 2. The van der Waals surface area contributed by atoms with Gasteiger partial charge in [0.15, 0.2) is 0 Å². The largest absolute Gasteiger partial charge is 0.465 e. The van der Waals surface area contributed by atoms with Crippen LogP contribution in [0.15, 0.2) is 22.7 Å². The number of carbonyl (C=O) groups is 1. The van der Waals surface area contributed by atoms with Gasteiger partial charge < -0.3 is 9.64 Å². The molecule has 1 aromatic carbocycles. The van der Waals surface area contributed by atoms with E-state index in [-0.39, 0.29) is 5.97 Å². The lowest BCUT2D eigenvalue weighted by atomic mass is 9.69. The number of fused-ring (bicyclic) bond motifs is 3. The van der Waals surface area contributed by atoms with Crippen LogP contribution in [0.25, 0.3) is 0 Å². The molecule has 1 aromatic rings. The van der Waals surface area contributed by atoms with Gasteiger partial charge in [-0.2, -0.15) is 5.48 Å². The van der Waals surface area contributed by atoms with Gasteiger partial charge in [0.25, 0.3) is 0 Å². The molecule has 120 valence electrons. The van der Waals surface area contributed by atoms with Crippen LogP contribution in [0.2, 0.25) is 0 Å². The standard InChI is InChI=1S/C16H21BrN2O3/c1-4-21-14(20)15(2)10-11-5-6-12(17)9-13(11)19-7-8-22-18-16(15,19)3/h5-6,9,18H,4,7-8,10H2,1-3H3. The molecule has 22 heavy (non-hydrogen) atoms. The van der Waals surface area contributed by atoms with Crippen molar-refractivity contribution in [3.63, 3.8) is 0 Å². The predicted molar refractivity (Wildman–Crippen MR) is 87.4 cm³/mol. The van der Waals surface area contributed by atoms with E-state index in [1.807, 2.05) is 26.8 Å². The highest BCUT2D eigenvalue weighted by molar-refractivity contribution is 9.10. The van der Waals surface area contributed by atoms with Gasteiger partial charge in [-0.05, 0) is 44.9 Å². The number of hydrogen-bond acceptors (Lipinski definition) is 5. The number of ether oxygens (including phenoxy) is 1. The summed E-state index contributed by atoms with van der Waals surface area (Å²) in [6.45, 7) is 7.46. The molecular weight excluding hydrogens is 348 g/mol. The second-order valence-corrected chi connectivity index (χ2v) is 7.09. The molecule has 2 heterocycles. The van der Waals surface area contributed by atoms with E-state index >= 15 is 0 Å². The molecule has 2 aliphatic heterocycles. The molecule has 3 rings (SSSR count). The molecule has 5 nitrogen and oxygen atoms in total. The molecule has 2 atom stereocenters. The summed E-state index contributed by atoms with van der Waals surface area (Å²) in [5.74, 6) is -0.200. The fraction of sp³-hybridized carbons (Fsp3) is 0.562. The zero-order valence-electron chi connectivity index (χ0n) is 13.1. The molecule has 1 fully saturated rings. The predicted octanol–water partition coefficient (Wildman–Crippen LogP) is 2.63. The third-order valence-electron chi connectivity index (χ3n) is 4.91. The Hall–Kier alpha value is -1.11. The molecule has 6 heteroatoms. The Morgan fingerprint density at radius 3 is 3.00 bits per heavy atom. The number of hydrogen-bond donors (Lipinski definition) is 1. The minimum atomic E-state index is -0.732. The minimum Gasteiger partial charge on any atom is -0.465 e. The van der Waals surface area contributed by atoms with Crippen molar-refractivity contribution in [2.24, 2.45) is 5.41 Å². The third kappa shape index (κ3) is 2.16. The van der Waals surface area contributed by atoms with Crippen LogP contribution >= 0.6 is 15.9 Å². The van der Waals surface area contributed by atoms with Crippen LogP contribution in [0.5, 0.6) is 0 Å². The fourth-order valence-corrected chi connectivity index (χ4v) is 3.78. The number of carbonyl (C=O) groups excluding carboxylic acids is 1. The highest BCUT2D eigenvalue weighted by Gasteiger charge is 2.59. The van der Waals surface area contributed by atoms with E-state index in [1.165, 1.54) is 0 Å². The normalized spacial score (nSPS) is 30.5. The summed E-state index contributed by atoms with van der Waals surface area (Å²) >= 11 is 3.54. The molecule has 1 N–H and O–H groups in total. The average molecular weight is 369 g/mol. The van der Waals surface area contributed by atoms with E-state index in [4.69, 9.17) is 9.57 Å². The van der Waals surface area contributed by atoms with Crippen LogP contribution in [-0.4, -0.2) is 31.4 Å². The monoisotopic (exact) mass is 368 g/mol. The number of anilines is 1. The van der Waals surface area contributed by atoms with Gasteiger partial charge in [-0.3, -0.25) is 9.63 Å². The van der Waals surface area contributed by atoms with Gasteiger partial charge in [-0.25, -0.2) is 0 Å². The Balaban J connectivity index is 2.13. The molecule has 0 aliphatic carbocycles. The van der Waals surface area contributed by atoms with E-state index in [1.54, 1.807) is 0 Å². The Labute approximate surface area is 139 Å². The highest BCUT2D eigenvalue weighted by atomic mass is 79.9. The molecule has 0 spiro atoms. The van der Waals surface area contributed by atoms with Gasteiger partial charge in [0.1, 0.15) is 11.1 Å². The number of nitrogens with zero attached hydrogens (tertiary/aromatic N) is 1. The summed E-state index contributed by atoms with van der Waals surface area (Å²) in [5.41, 5.74) is 4.00. The summed E-state index contributed by atoms with van der Waals surface area (Å²) in [6, 6.07) is 6.19. The molecule has 0 bridgehead atoms. The number of hydroxylamine groups is 1. The molecule has 0 saturated carbocycles. The van der Waals surface area contributed by atoms with Crippen LogP contribution in [-0.2, 0) is 20.8 Å². The summed E-state index contributed by atoms with van der Waals surface area (Å²) in [5, 5.41) is 0. The Bertz CT molecular complexity index is 609. The zero-order valence-corrected chi connectivity index (χ0v) is 14.7. The van der Waals surface area contributed by atoms with Crippen molar-refractivity contribution < 1.29 is 14.4 Å². The van der Waals surface area contributed by atoms with Crippen molar-refractivity contribution in [3.05, 3.63) is 28.2 Å². The molecule has 0 radical (unpaired) electrons. The van der Waals surface area contributed by atoms with E-state index in [9.17, 15) is 4.79 Å². The molecule has 2 aliphatic rings. The second-order valence-electron chi connectivity index (χ2n) is 6.18. The maximum Gasteiger partial charge on any atom is 0.315 e.